The Balaban J connectivity index is 4.62. The van der Waals surface area contributed by atoms with Crippen LogP contribution in [0.15, 0.2) is 0 Å². The third-order valence-corrected chi connectivity index (χ3v) is 4.93. The second kappa shape index (κ2) is 9.82. The van der Waals surface area contributed by atoms with Crippen LogP contribution in [0.5, 0.6) is 0 Å². The monoisotopic (exact) mass is 369 g/mol. The molecule has 0 aliphatic rings. The Morgan fingerprint density at radius 1 is 1.04 bits per heavy atom. The van der Waals surface area contributed by atoms with Crippen LogP contribution in [0.2, 0.25) is 0 Å². The zero-order valence-electron chi connectivity index (χ0n) is 13.1. The standard InChI is InChI=1S/C12H21N2O7PS/c1-12(2,3)23-6-8(11(19)20)14-22(21)13-7(10(17)18)4-5-9(15)16/h7-8H,4-6H2,1-3H3,(H4-,13,14,15,16,17,18,19,20,21)/p+1/t7-,8-/m0/s1. The molecule has 132 valence electrons. The van der Waals surface area contributed by atoms with Gasteiger partial charge in [0.25, 0.3) is 0 Å². The van der Waals surface area contributed by atoms with Crippen LogP contribution in [-0.4, -0.2) is 55.8 Å². The van der Waals surface area contributed by atoms with Crippen LogP contribution in [0.25, 0.3) is 0 Å². The highest BCUT2D eigenvalue weighted by atomic mass is 32.2. The lowest BCUT2D eigenvalue weighted by Gasteiger charge is -2.19. The van der Waals surface area contributed by atoms with E-state index < -0.39 is 44.5 Å². The van der Waals surface area contributed by atoms with Crippen molar-refractivity contribution >= 4 is 37.8 Å². The van der Waals surface area contributed by atoms with Crippen molar-refractivity contribution in [2.45, 2.75) is 50.4 Å². The van der Waals surface area contributed by atoms with Gasteiger partial charge in [0.05, 0.1) is 0 Å². The third kappa shape index (κ3) is 11.0. The second-order valence-corrected chi connectivity index (χ2v) is 8.64. The highest BCUT2D eigenvalue weighted by molar-refractivity contribution is 8.00. The fraction of sp³-hybridized carbons (Fsp3) is 0.750. The van der Waals surface area contributed by atoms with Crippen molar-refractivity contribution in [1.29, 1.82) is 0 Å². The average molecular weight is 369 g/mol. The molecule has 23 heavy (non-hydrogen) atoms. The molecule has 0 fully saturated rings. The van der Waals surface area contributed by atoms with E-state index in [1.807, 2.05) is 20.8 Å². The predicted molar refractivity (Wildman–Crippen MR) is 85.8 cm³/mol. The quantitative estimate of drug-likeness (QED) is 0.335. The molecule has 1 unspecified atom stereocenters. The Bertz CT molecular complexity index is 467. The number of carboxylic acid groups (broad SMARTS) is 3. The molecule has 0 rings (SSSR count). The van der Waals surface area contributed by atoms with E-state index in [0.29, 0.717) is 0 Å². The summed E-state index contributed by atoms with van der Waals surface area (Å²) in [7, 11) is -2.52. The van der Waals surface area contributed by atoms with Crippen LogP contribution in [0.1, 0.15) is 33.6 Å². The zero-order valence-corrected chi connectivity index (χ0v) is 14.8. The molecule has 0 radical (unpaired) electrons. The van der Waals surface area contributed by atoms with Crippen LogP contribution in [0.3, 0.4) is 0 Å². The van der Waals surface area contributed by atoms with Crippen LogP contribution in [0.4, 0.5) is 0 Å². The van der Waals surface area contributed by atoms with E-state index in [0.717, 1.165) is 0 Å². The molecule has 0 amide bonds. The zero-order chi connectivity index (χ0) is 18.2. The van der Waals surface area contributed by atoms with E-state index in [-0.39, 0.29) is 16.9 Å². The van der Waals surface area contributed by atoms with E-state index in [2.05, 4.69) is 10.2 Å². The lowest BCUT2D eigenvalue weighted by Crippen LogP contribution is -2.41. The maximum atomic E-state index is 11.9. The van der Waals surface area contributed by atoms with Crippen LogP contribution in [0, 0.1) is 0 Å². The molecular weight excluding hydrogens is 347 g/mol. The molecule has 0 aromatic carbocycles. The van der Waals surface area contributed by atoms with Gasteiger partial charge in [0.15, 0.2) is 12.1 Å². The summed E-state index contributed by atoms with van der Waals surface area (Å²) in [5.41, 5.74) is 0. The molecule has 0 aliphatic heterocycles. The minimum absolute atomic E-state index is 0.147. The highest BCUT2D eigenvalue weighted by Gasteiger charge is 2.34. The van der Waals surface area contributed by atoms with Crippen LogP contribution in [-0.2, 0) is 18.9 Å². The smallest absolute Gasteiger partial charge is 0.481 e. The summed E-state index contributed by atoms with van der Waals surface area (Å²) in [6.07, 6.45) is -0.669. The predicted octanol–water partition coefficient (Wildman–Crippen LogP) is 1.13. The Kier molecular flexibility index (Phi) is 9.29. The van der Waals surface area contributed by atoms with Gasteiger partial charge in [-0.15, -0.1) is 0 Å². The van der Waals surface area contributed by atoms with Gasteiger partial charge in [0, 0.05) is 16.9 Å². The first kappa shape index (κ1) is 21.8. The number of carbonyl (C=O) groups is 3. The van der Waals surface area contributed by atoms with Gasteiger partial charge in [-0.2, -0.15) is 11.8 Å². The number of thioether (sulfide) groups is 1. The highest BCUT2D eigenvalue weighted by Crippen LogP contribution is 2.25. The fourth-order valence-electron chi connectivity index (χ4n) is 1.33. The van der Waals surface area contributed by atoms with Gasteiger partial charge < -0.3 is 15.3 Å². The summed E-state index contributed by atoms with van der Waals surface area (Å²) in [6, 6.07) is -2.46. The summed E-state index contributed by atoms with van der Waals surface area (Å²) >= 11 is 1.36. The topological polar surface area (TPSA) is 153 Å². The number of nitrogens with one attached hydrogen (secondary N) is 2. The lowest BCUT2D eigenvalue weighted by molar-refractivity contribution is -0.140. The summed E-state index contributed by atoms with van der Waals surface area (Å²) in [4.78, 5) is 32.6. The molecule has 0 saturated heterocycles. The van der Waals surface area contributed by atoms with Crippen molar-refractivity contribution in [1.82, 2.24) is 10.2 Å². The van der Waals surface area contributed by atoms with E-state index in [1.165, 1.54) is 11.8 Å². The first-order valence-corrected chi connectivity index (χ1v) is 8.98. The minimum Gasteiger partial charge on any atom is -0.481 e. The maximum absolute atomic E-state index is 11.9. The van der Waals surface area contributed by atoms with Crippen molar-refractivity contribution in [3.8, 4) is 0 Å². The molecule has 0 bridgehead atoms. The molecule has 5 N–H and O–H groups in total. The first-order valence-electron chi connectivity index (χ1n) is 6.73. The molecule has 0 saturated carbocycles. The van der Waals surface area contributed by atoms with Gasteiger partial charge in [-0.1, -0.05) is 30.9 Å². The van der Waals surface area contributed by atoms with Crippen LogP contribution >= 0.6 is 19.9 Å². The number of rotatable bonds is 11. The first-order chi connectivity index (χ1) is 10.4. The summed E-state index contributed by atoms with van der Waals surface area (Å²) in [5.74, 6) is -3.59. The molecule has 0 aromatic rings. The summed E-state index contributed by atoms with van der Waals surface area (Å²) in [6.45, 7) is 5.71. The molecule has 0 aliphatic carbocycles. The average Bonchev–Trinajstić information content (AvgIpc) is 2.37. The van der Waals surface area contributed by atoms with E-state index in [4.69, 9.17) is 15.3 Å². The molecule has 3 atom stereocenters. The molecule has 0 aromatic heterocycles. The van der Waals surface area contributed by atoms with Crippen molar-refractivity contribution in [3.63, 3.8) is 0 Å². The minimum atomic E-state index is -2.52. The molecule has 11 heteroatoms. The van der Waals surface area contributed by atoms with Crippen molar-refractivity contribution in [3.05, 3.63) is 0 Å². The molecular formula is C12H22N2O7PS+. The van der Waals surface area contributed by atoms with Gasteiger partial charge in [-0.05, 0) is 11.0 Å². The van der Waals surface area contributed by atoms with E-state index in [1.54, 1.807) is 0 Å². The molecule has 0 spiro atoms. The SMILES string of the molecule is CC(C)(C)SC[C@H](N[P+](=O)N[C@@H](CCC(=O)O)C(=O)O)C(=O)O. The summed E-state index contributed by atoms with van der Waals surface area (Å²) in [5, 5.41) is 31.2. The second-order valence-electron chi connectivity index (χ2n) is 5.69. The fourth-order valence-corrected chi connectivity index (χ4v) is 3.43. The maximum Gasteiger partial charge on any atom is 0.533 e. The number of aliphatic carboxylic acids is 3. The lowest BCUT2D eigenvalue weighted by atomic mass is 10.2. The summed E-state index contributed by atoms with van der Waals surface area (Å²) < 4.78 is 11.7. The third-order valence-electron chi connectivity index (χ3n) is 2.47. The van der Waals surface area contributed by atoms with E-state index in [9.17, 15) is 18.9 Å². The van der Waals surface area contributed by atoms with Crippen molar-refractivity contribution < 1.29 is 34.3 Å². The van der Waals surface area contributed by atoms with Gasteiger partial charge in [-0.25, -0.2) is 0 Å². The van der Waals surface area contributed by atoms with Gasteiger partial charge in [-0.3, -0.25) is 14.4 Å². The normalized spacial score (nSPS) is 14.8. The van der Waals surface area contributed by atoms with Gasteiger partial charge in [0.2, 0.25) is 0 Å². The van der Waals surface area contributed by atoms with Crippen molar-refractivity contribution in [2.24, 2.45) is 0 Å². The number of hydrogen-bond donors (Lipinski definition) is 5. The molecule has 0 heterocycles. The Morgan fingerprint density at radius 2 is 1.52 bits per heavy atom. The Morgan fingerprint density at radius 3 is 1.91 bits per heavy atom. The Labute approximate surface area is 139 Å². The molecule has 9 nitrogen and oxygen atoms in total. The largest absolute Gasteiger partial charge is 0.533 e. The van der Waals surface area contributed by atoms with Crippen LogP contribution < -0.4 is 10.2 Å². The number of hydrogen-bond acceptors (Lipinski definition) is 5. The number of carboxylic acids is 3. The van der Waals surface area contributed by atoms with Gasteiger partial charge >= 0.3 is 26.0 Å². The van der Waals surface area contributed by atoms with Gasteiger partial charge in [0.1, 0.15) is 0 Å². The van der Waals surface area contributed by atoms with E-state index >= 15 is 0 Å². The van der Waals surface area contributed by atoms with Crippen molar-refractivity contribution in [2.75, 3.05) is 5.75 Å². The Hall–Kier alpha value is -1.22.